The van der Waals surface area contributed by atoms with Crippen LogP contribution in [0.1, 0.15) is 11.3 Å². The van der Waals surface area contributed by atoms with E-state index in [4.69, 9.17) is 9.15 Å². The Morgan fingerprint density at radius 3 is 2.71 bits per heavy atom. The molecule has 0 fully saturated rings. The molecule has 7 nitrogen and oxygen atoms in total. The van der Waals surface area contributed by atoms with Gasteiger partial charge in [0.1, 0.15) is 11.5 Å². The molecule has 0 saturated carbocycles. The van der Waals surface area contributed by atoms with Crippen LogP contribution in [0.2, 0.25) is 0 Å². The van der Waals surface area contributed by atoms with Gasteiger partial charge in [0.15, 0.2) is 5.76 Å². The molecule has 0 aliphatic heterocycles. The summed E-state index contributed by atoms with van der Waals surface area (Å²) in [4.78, 5) is 3.55. The van der Waals surface area contributed by atoms with Crippen LogP contribution in [0.4, 0.5) is 0 Å². The number of aromatic amines is 2. The first-order chi connectivity index (χ1) is 13.8. The fraction of sp³-hybridized carbons (Fsp3) is 0.0952. The van der Waals surface area contributed by atoms with Gasteiger partial charge in [0.2, 0.25) is 5.82 Å². The number of furan rings is 1. The third-order valence-corrected chi connectivity index (χ3v) is 4.77. The minimum Gasteiger partial charge on any atom is -0.497 e. The molecule has 3 aromatic heterocycles. The normalized spacial score (nSPS) is 11.2. The first kappa shape index (κ1) is 16.3. The number of tetrazole rings is 1. The van der Waals surface area contributed by atoms with Crippen molar-refractivity contribution in [1.29, 1.82) is 0 Å². The minimum absolute atomic E-state index is 0.512. The Labute approximate surface area is 160 Å². The highest BCUT2D eigenvalue weighted by molar-refractivity contribution is 5.92. The van der Waals surface area contributed by atoms with Crippen molar-refractivity contribution in [1.82, 2.24) is 25.6 Å². The molecule has 3 heterocycles. The third-order valence-electron chi connectivity index (χ3n) is 4.77. The molecule has 0 radical (unpaired) electrons. The maximum absolute atomic E-state index is 5.97. The lowest BCUT2D eigenvalue weighted by Gasteiger charge is -2.04. The monoisotopic (exact) mass is 371 g/mol. The quantitative estimate of drug-likeness (QED) is 0.483. The van der Waals surface area contributed by atoms with Crippen LogP contribution in [0.25, 0.3) is 33.7 Å². The summed E-state index contributed by atoms with van der Waals surface area (Å²) in [6, 6.07) is 20.2. The first-order valence-electron chi connectivity index (χ1n) is 8.88. The summed E-state index contributed by atoms with van der Waals surface area (Å²) < 4.78 is 11.4. The fourth-order valence-electron chi connectivity index (χ4n) is 3.43. The van der Waals surface area contributed by atoms with E-state index in [0.29, 0.717) is 18.0 Å². The van der Waals surface area contributed by atoms with Crippen LogP contribution in [0.5, 0.6) is 5.75 Å². The number of H-pyrrole nitrogens is 2. The van der Waals surface area contributed by atoms with Gasteiger partial charge in [-0.2, -0.15) is 0 Å². The Bertz CT molecular complexity index is 1220. The van der Waals surface area contributed by atoms with Gasteiger partial charge in [0.05, 0.1) is 12.8 Å². The number of aromatic nitrogens is 5. The highest BCUT2D eigenvalue weighted by Crippen LogP contribution is 2.34. The van der Waals surface area contributed by atoms with Crippen molar-refractivity contribution < 1.29 is 9.15 Å². The van der Waals surface area contributed by atoms with Crippen molar-refractivity contribution in [2.24, 2.45) is 0 Å². The van der Waals surface area contributed by atoms with E-state index < -0.39 is 0 Å². The van der Waals surface area contributed by atoms with Crippen molar-refractivity contribution in [3.8, 4) is 28.6 Å². The largest absolute Gasteiger partial charge is 0.497 e. The summed E-state index contributed by atoms with van der Waals surface area (Å²) in [5, 5.41) is 15.0. The highest BCUT2D eigenvalue weighted by Gasteiger charge is 2.17. The molecule has 2 N–H and O–H groups in total. The molecule has 0 spiro atoms. The van der Waals surface area contributed by atoms with E-state index in [0.717, 1.165) is 33.7 Å². The van der Waals surface area contributed by atoms with E-state index in [1.54, 1.807) is 7.11 Å². The van der Waals surface area contributed by atoms with E-state index in [-0.39, 0.29) is 0 Å². The summed E-state index contributed by atoms with van der Waals surface area (Å²) in [7, 11) is 1.67. The summed E-state index contributed by atoms with van der Waals surface area (Å²) >= 11 is 0. The maximum atomic E-state index is 5.97. The molecular formula is C21H17N5O2. The zero-order chi connectivity index (χ0) is 18.9. The number of hydrogen-bond donors (Lipinski definition) is 2. The van der Waals surface area contributed by atoms with Crippen LogP contribution in [0, 0.1) is 0 Å². The van der Waals surface area contributed by atoms with Gasteiger partial charge in [-0.1, -0.05) is 30.3 Å². The zero-order valence-corrected chi connectivity index (χ0v) is 15.1. The number of hydrogen-bond acceptors (Lipinski definition) is 5. The van der Waals surface area contributed by atoms with Gasteiger partial charge in [0.25, 0.3) is 0 Å². The van der Waals surface area contributed by atoms with Crippen molar-refractivity contribution in [3.63, 3.8) is 0 Å². The highest BCUT2D eigenvalue weighted by atomic mass is 16.5. The predicted octanol–water partition coefficient (Wildman–Crippen LogP) is 4.21. The number of benzene rings is 2. The summed E-state index contributed by atoms with van der Waals surface area (Å²) in [6.45, 7) is 0. The molecular weight excluding hydrogens is 354 g/mol. The molecule has 28 heavy (non-hydrogen) atoms. The third kappa shape index (κ3) is 2.83. The molecule has 0 aliphatic carbocycles. The summed E-state index contributed by atoms with van der Waals surface area (Å²) in [5.41, 5.74) is 4.39. The number of nitrogens with one attached hydrogen (secondary N) is 2. The van der Waals surface area contributed by atoms with Gasteiger partial charge < -0.3 is 14.1 Å². The molecule has 7 heteroatoms. The van der Waals surface area contributed by atoms with E-state index in [1.807, 2.05) is 42.5 Å². The van der Waals surface area contributed by atoms with Gasteiger partial charge >= 0.3 is 0 Å². The molecule has 0 aliphatic rings. The average molecular weight is 371 g/mol. The fourth-order valence-corrected chi connectivity index (χ4v) is 3.43. The van der Waals surface area contributed by atoms with Crippen molar-refractivity contribution in [2.75, 3.05) is 7.11 Å². The molecule has 0 atom stereocenters. The number of ether oxygens (including phenoxy) is 1. The Morgan fingerprint density at radius 1 is 1.04 bits per heavy atom. The van der Waals surface area contributed by atoms with Gasteiger partial charge in [-0.3, -0.25) is 0 Å². The number of fused-ring (bicyclic) bond motifs is 1. The molecule has 0 saturated heterocycles. The molecule has 138 valence electrons. The second kappa shape index (κ2) is 6.70. The van der Waals surface area contributed by atoms with Gasteiger partial charge in [0, 0.05) is 23.4 Å². The molecule has 0 amide bonds. The maximum Gasteiger partial charge on any atom is 0.215 e. The molecule has 5 rings (SSSR count). The van der Waals surface area contributed by atoms with Crippen LogP contribution >= 0.6 is 0 Å². The van der Waals surface area contributed by atoms with Crippen LogP contribution in [0.15, 0.2) is 65.1 Å². The van der Waals surface area contributed by atoms with Crippen molar-refractivity contribution >= 4 is 10.9 Å². The first-order valence-corrected chi connectivity index (χ1v) is 8.88. The average Bonchev–Trinajstić information content (AvgIpc) is 3.49. The SMILES string of the molecule is COc1ccc2c(Cc3ccc(-c4nnn[nH]4)o3)c(-c3ccccc3)[nH]c2c1. The Hall–Kier alpha value is -3.87. The molecule has 0 unspecified atom stereocenters. The second-order valence-corrected chi connectivity index (χ2v) is 6.45. The van der Waals surface area contributed by atoms with Crippen LogP contribution in [-0.2, 0) is 6.42 Å². The lowest BCUT2D eigenvalue weighted by atomic mass is 10.0. The van der Waals surface area contributed by atoms with Gasteiger partial charge in [-0.05, 0) is 45.8 Å². The van der Waals surface area contributed by atoms with Gasteiger partial charge in [-0.15, -0.1) is 5.10 Å². The van der Waals surface area contributed by atoms with Gasteiger partial charge in [-0.25, -0.2) is 5.10 Å². The Balaban J connectivity index is 1.61. The number of rotatable bonds is 5. The molecule has 0 bridgehead atoms. The van der Waals surface area contributed by atoms with E-state index in [1.165, 1.54) is 5.56 Å². The minimum atomic E-state index is 0.512. The van der Waals surface area contributed by atoms with Crippen LogP contribution < -0.4 is 4.74 Å². The van der Waals surface area contributed by atoms with Crippen LogP contribution in [-0.4, -0.2) is 32.7 Å². The number of nitrogens with zero attached hydrogens (tertiary/aromatic N) is 3. The zero-order valence-electron chi connectivity index (χ0n) is 15.1. The van der Waals surface area contributed by atoms with Crippen LogP contribution in [0.3, 0.4) is 0 Å². The lowest BCUT2D eigenvalue weighted by Crippen LogP contribution is -1.89. The summed E-state index contributed by atoms with van der Waals surface area (Å²) in [5.74, 6) is 2.78. The number of methoxy groups -OCH3 is 1. The van der Waals surface area contributed by atoms with E-state index in [2.05, 4.69) is 43.8 Å². The lowest BCUT2D eigenvalue weighted by molar-refractivity contribution is 0.415. The Morgan fingerprint density at radius 2 is 1.93 bits per heavy atom. The predicted molar refractivity (Wildman–Crippen MR) is 105 cm³/mol. The molecule has 2 aromatic carbocycles. The Kier molecular flexibility index (Phi) is 3.90. The van der Waals surface area contributed by atoms with Crippen molar-refractivity contribution in [2.45, 2.75) is 6.42 Å². The van der Waals surface area contributed by atoms with E-state index in [9.17, 15) is 0 Å². The second-order valence-electron chi connectivity index (χ2n) is 6.45. The standard InChI is InChI=1S/C21H17N5O2/c1-27-14-7-9-16-17(11-15-8-10-19(28-15)21-23-25-26-24-21)20(22-18(16)12-14)13-5-3-2-4-6-13/h2-10,12,22H,11H2,1H3,(H,23,24,25,26). The summed E-state index contributed by atoms with van der Waals surface area (Å²) in [6.07, 6.45) is 0.637. The van der Waals surface area contributed by atoms with Crippen molar-refractivity contribution in [3.05, 3.63) is 72.0 Å². The molecule has 5 aromatic rings. The topological polar surface area (TPSA) is 92.6 Å². The van der Waals surface area contributed by atoms with E-state index >= 15 is 0 Å². The smallest absolute Gasteiger partial charge is 0.215 e.